The van der Waals surface area contributed by atoms with E-state index >= 15 is 0 Å². The summed E-state index contributed by atoms with van der Waals surface area (Å²) >= 11 is 1.46. The fourth-order valence-corrected chi connectivity index (χ4v) is 4.03. The molecule has 0 aliphatic carbocycles. The number of amides is 1. The molecule has 0 aliphatic rings. The van der Waals surface area contributed by atoms with Crippen molar-refractivity contribution in [1.29, 1.82) is 0 Å². The lowest BCUT2D eigenvalue weighted by molar-refractivity contribution is -0.115. The summed E-state index contributed by atoms with van der Waals surface area (Å²) < 4.78 is 2.03. The number of carbonyl (C=O) groups is 1. The van der Waals surface area contributed by atoms with Gasteiger partial charge in [-0.05, 0) is 30.7 Å². The van der Waals surface area contributed by atoms with Crippen molar-refractivity contribution in [2.45, 2.75) is 17.3 Å². The van der Waals surface area contributed by atoms with Gasteiger partial charge in [-0.1, -0.05) is 72.4 Å². The van der Waals surface area contributed by atoms with Gasteiger partial charge < -0.3 is 9.88 Å². The molecule has 3 aromatic carbocycles. The number of benzene rings is 3. The summed E-state index contributed by atoms with van der Waals surface area (Å²) in [6, 6.07) is 25.9. The van der Waals surface area contributed by atoms with E-state index in [9.17, 15) is 4.79 Å². The van der Waals surface area contributed by atoms with Gasteiger partial charge in [0.05, 0.1) is 16.3 Å². The molecular weight excluding hydrogens is 366 g/mol. The van der Waals surface area contributed by atoms with Gasteiger partial charge in [0.15, 0.2) is 5.16 Å². The zero-order valence-corrected chi connectivity index (χ0v) is 16.6. The van der Waals surface area contributed by atoms with Gasteiger partial charge in [0, 0.05) is 18.3 Å². The summed E-state index contributed by atoms with van der Waals surface area (Å²) in [5.41, 5.74) is 4.91. The molecule has 4 rings (SSSR count). The molecule has 1 heterocycles. The second-order valence-corrected chi connectivity index (χ2v) is 7.91. The number of hydrogen-bond acceptors (Lipinski definition) is 3. The number of thioether (sulfide) groups is 1. The molecule has 1 aromatic heterocycles. The van der Waals surface area contributed by atoms with Gasteiger partial charge in [0.25, 0.3) is 0 Å². The van der Waals surface area contributed by atoms with E-state index < -0.39 is 0 Å². The third kappa shape index (κ3) is 3.66. The van der Waals surface area contributed by atoms with Crippen LogP contribution in [0.1, 0.15) is 6.92 Å². The maximum atomic E-state index is 12.9. The molecule has 4 nitrogen and oxygen atoms in total. The normalized spacial score (nSPS) is 12.1. The van der Waals surface area contributed by atoms with Crippen LogP contribution in [0.25, 0.3) is 22.2 Å². The molecular formula is C23H21N3OS. The van der Waals surface area contributed by atoms with Crippen LogP contribution in [0.5, 0.6) is 0 Å². The molecule has 28 heavy (non-hydrogen) atoms. The minimum atomic E-state index is -0.278. The van der Waals surface area contributed by atoms with Crippen LogP contribution in [0.2, 0.25) is 0 Å². The van der Waals surface area contributed by atoms with Crippen LogP contribution in [-0.4, -0.2) is 20.7 Å². The number of anilines is 1. The number of fused-ring (bicyclic) bond motifs is 1. The minimum absolute atomic E-state index is 0.0413. The Bertz CT molecular complexity index is 1120. The van der Waals surface area contributed by atoms with Crippen molar-refractivity contribution in [1.82, 2.24) is 9.55 Å². The number of rotatable bonds is 5. The Hall–Kier alpha value is -3.05. The number of nitrogens with zero attached hydrogens (tertiary/aromatic N) is 2. The van der Waals surface area contributed by atoms with Crippen LogP contribution in [0.15, 0.2) is 84.0 Å². The Morgan fingerprint density at radius 2 is 1.64 bits per heavy atom. The molecule has 0 spiro atoms. The zero-order valence-electron chi connectivity index (χ0n) is 15.8. The molecule has 0 aliphatic heterocycles. The van der Waals surface area contributed by atoms with Crippen LogP contribution in [-0.2, 0) is 11.8 Å². The first-order valence-corrected chi connectivity index (χ1v) is 10.0. The second kappa shape index (κ2) is 7.90. The van der Waals surface area contributed by atoms with Crippen LogP contribution >= 0.6 is 11.8 Å². The van der Waals surface area contributed by atoms with E-state index in [1.54, 1.807) is 0 Å². The average Bonchev–Trinajstić information content (AvgIpc) is 3.04. The molecule has 0 saturated heterocycles. The van der Waals surface area contributed by atoms with Gasteiger partial charge in [0.1, 0.15) is 0 Å². The van der Waals surface area contributed by atoms with Crippen molar-refractivity contribution in [2.24, 2.45) is 7.05 Å². The Labute approximate surface area is 168 Å². The summed E-state index contributed by atoms with van der Waals surface area (Å²) in [4.78, 5) is 17.5. The van der Waals surface area contributed by atoms with Crippen molar-refractivity contribution in [3.63, 3.8) is 0 Å². The molecule has 0 unspecified atom stereocenters. The van der Waals surface area contributed by atoms with E-state index in [1.165, 1.54) is 11.8 Å². The summed E-state index contributed by atoms with van der Waals surface area (Å²) in [7, 11) is 1.98. The molecule has 0 bridgehead atoms. The summed E-state index contributed by atoms with van der Waals surface area (Å²) in [5, 5.41) is 3.64. The number of carbonyl (C=O) groups excluding carboxylic acids is 1. The first-order valence-electron chi connectivity index (χ1n) is 9.17. The SMILES string of the molecule is C[C@@H](Sc1nc2ccccc2n1C)C(=O)Nc1ccccc1-c1ccccc1. The third-order valence-electron chi connectivity index (χ3n) is 4.67. The standard InChI is InChI=1S/C23H21N3OS/c1-16(28-23-25-20-14-8-9-15-21(20)26(23)2)22(27)24-19-13-7-6-12-18(19)17-10-4-3-5-11-17/h3-16H,1-2H3,(H,24,27)/t16-/m1/s1. The maximum absolute atomic E-state index is 12.9. The van der Waals surface area contributed by atoms with Crippen LogP contribution < -0.4 is 5.32 Å². The molecule has 1 amide bonds. The molecule has 140 valence electrons. The number of hydrogen-bond donors (Lipinski definition) is 1. The summed E-state index contributed by atoms with van der Waals surface area (Å²) in [6.45, 7) is 1.91. The largest absolute Gasteiger partial charge is 0.325 e. The molecule has 0 saturated carbocycles. The highest BCUT2D eigenvalue weighted by atomic mass is 32.2. The van der Waals surface area contributed by atoms with E-state index in [2.05, 4.69) is 10.3 Å². The lowest BCUT2D eigenvalue weighted by atomic mass is 10.0. The van der Waals surface area contributed by atoms with Crippen molar-refractivity contribution < 1.29 is 4.79 Å². The predicted octanol–water partition coefficient (Wildman–Crippen LogP) is 5.36. The molecule has 1 N–H and O–H groups in total. The highest BCUT2D eigenvalue weighted by Gasteiger charge is 2.19. The molecule has 0 fully saturated rings. The van der Waals surface area contributed by atoms with Crippen molar-refractivity contribution in [2.75, 3.05) is 5.32 Å². The van der Waals surface area contributed by atoms with E-state index in [-0.39, 0.29) is 11.2 Å². The summed E-state index contributed by atoms with van der Waals surface area (Å²) in [6.07, 6.45) is 0. The minimum Gasteiger partial charge on any atom is -0.325 e. The van der Waals surface area contributed by atoms with Gasteiger partial charge in [-0.25, -0.2) is 4.98 Å². The van der Waals surface area contributed by atoms with Crippen molar-refractivity contribution >= 4 is 34.4 Å². The number of imidazole rings is 1. The average molecular weight is 388 g/mol. The van der Waals surface area contributed by atoms with Gasteiger partial charge in [-0.2, -0.15) is 0 Å². The quantitative estimate of drug-likeness (QED) is 0.469. The Morgan fingerprint density at radius 1 is 0.964 bits per heavy atom. The molecule has 0 radical (unpaired) electrons. The fraction of sp³-hybridized carbons (Fsp3) is 0.130. The number of aryl methyl sites for hydroxylation is 1. The maximum Gasteiger partial charge on any atom is 0.237 e. The van der Waals surface area contributed by atoms with Crippen molar-refractivity contribution in [3.8, 4) is 11.1 Å². The van der Waals surface area contributed by atoms with E-state index in [1.807, 2.05) is 97.4 Å². The Kier molecular flexibility index (Phi) is 5.17. The van der Waals surface area contributed by atoms with Gasteiger partial charge in [-0.15, -0.1) is 0 Å². The number of nitrogens with one attached hydrogen (secondary N) is 1. The van der Waals surface area contributed by atoms with Gasteiger partial charge in [-0.3, -0.25) is 4.79 Å². The smallest absolute Gasteiger partial charge is 0.237 e. The molecule has 1 atom stereocenters. The van der Waals surface area contributed by atoms with E-state index in [0.717, 1.165) is 33.0 Å². The first kappa shape index (κ1) is 18.3. The van der Waals surface area contributed by atoms with E-state index in [0.29, 0.717) is 0 Å². The summed E-state index contributed by atoms with van der Waals surface area (Å²) in [5.74, 6) is -0.0413. The Balaban J connectivity index is 1.53. The monoisotopic (exact) mass is 387 g/mol. The van der Waals surface area contributed by atoms with Crippen LogP contribution in [0.3, 0.4) is 0 Å². The van der Waals surface area contributed by atoms with Crippen molar-refractivity contribution in [3.05, 3.63) is 78.9 Å². The number of aromatic nitrogens is 2. The van der Waals surface area contributed by atoms with E-state index in [4.69, 9.17) is 0 Å². The highest BCUT2D eigenvalue weighted by molar-refractivity contribution is 8.00. The Morgan fingerprint density at radius 3 is 2.43 bits per heavy atom. The van der Waals surface area contributed by atoms with Gasteiger partial charge >= 0.3 is 0 Å². The van der Waals surface area contributed by atoms with Crippen LogP contribution in [0.4, 0.5) is 5.69 Å². The molecule has 5 heteroatoms. The van der Waals surface area contributed by atoms with Gasteiger partial charge in [0.2, 0.25) is 5.91 Å². The lowest BCUT2D eigenvalue weighted by Crippen LogP contribution is -2.23. The predicted molar refractivity (Wildman–Crippen MR) is 117 cm³/mol. The highest BCUT2D eigenvalue weighted by Crippen LogP contribution is 2.30. The zero-order chi connectivity index (χ0) is 19.5. The lowest BCUT2D eigenvalue weighted by Gasteiger charge is -2.15. The second-order valence-electron chi connectivity index (χ2n) is 6.60. The number of para-hydroxylation sites is 3. The molecule has 4 aromatic rings. The van der Waals surface area contributed by atoms with Crippen LogP contribution in [0, 0.1) is 0 Å². The third-order valence-corrected chi connectivity index (χ3v) is 5.81. The fourth-order valence-electron chi connectivity index (χ4n) is 3.14. The first-order chi connectivity index (χ1) is 13.6. The topological polar surface area (TPSA) is 46.9 Å².